The SMILES string of the molecule is COc1cc2c(cc1OC)C(O)CNC(=O)C2. The zero-order valence-corrected chi connectivity index (χ0v) is 9.82. The molecule has 17 heavy (non-hydrogen) atoms. The Hall–Kier alpha value is -1.75. The van der Waals surface area contributed by atoms with Crippen molar-refractivity contribution in [3.8, 4) is 11.5 Å². The molecule has 1 amide bonds. The predicted molar refractivity (Wildman–Crippen MR) is 61.2 cm³/mol. The molecule has 1 aromatic rings. The summed E-state index contributed by atoms with van der Waals surface area (Å²) < 4.78 is 10.4. The number of aliphatic hydroxyl groups is 1. The lowest BCUT2D eigenvalue weighted by Gasteiger charge is -2.15. The highest BCUT2D eigenvalue weighted by Gasteiger charge is 2.22. The number of carbonyl (C=O) groups excluding carboxylic acids is 1. The number of benzene rings is 1. The molecule has 1 unspecified atom stereocenters. The van der Waals surface area contributed by atoms with Crippen LogP contribution in [0.5, 0.6) is 11.5 Å². The first-order chi connectivity index (χ1) is 8.15. The molecule has 1 heterocycles. The first-order valence-corrected chi connectivity index (χ1v) is 5.35. The van der Waals surface area contributed by atoms with Crippen LogP contribution >= 0.6 is 0 Å². The summed E-state index contributed by atoms with van der Waals surface area (Å²) in [6, 6.07) is 3.46. The van der Waals surface area contributed by atoms with Crippen LogP contribution in [0.25, 0.3) is 0 Å². The number of ether oxygens (including phenoxy) is 2. The van der Waals surface area contributed by atoms with Crippen LogP contribution < -0.4 is 14.8 Å². The van der Waals surface area contributed by atoms with Gasteiger partial charge >= 0.3 is 0 Å². The minimum absolute atomic E-state index is 0.102. The molecule has 1 aliphatic heterocycles. The Morgan fingerprint density at radius 1 is 1.29 bits per heavy atom. The summed E-state index contributed by atoms with van der Waals surface area (Å²) in [7, 11) is 3.08. The standard InChI is InChI=1S/C12H15NO4/c1-16-10-3-7-4-12(15)13-6-9(14)8(7)5-11(10)17-2/h3,5,9,14H,4,6H2,1-2H3,(H,13,15). The van der Waals surface area contributed by atoms with Crippen LogP contribution in [-0.4, -0.2) is 31.8 Å². The lowest BCUT2D eigenvalue weighted by Crippen LogP contribution is -2.26. The normalized spacial score (nSPS) is 19.0. The van der Waals surface area contributed by atoms with Crippen LogP contribution in [-0.2, 0) is 11.2 Å². The highest BCUT2D eigenvalue weighted by Crippen LogP contribution is 2.34. The highest BCUT2D eigenvalue weighted by atomic mass is 16.5. The molecule has 2 N–H and O–H groups in total. The Morgan fingerprint density at radius 3 is 2.59 bits per heavy atom. The van der Waals surface area contributed by atoms with Gasteiger partial charge < -0.3 is 19.9 Å². The number of hydrogen-bond acceptors (Lipinski definition) is 4. The van der Waals surface area contributed by atoms with Gasteiger partial charge in [-0.25, -0.2) is 0 Å². The second-order valence-electron chi connectivity index (χ2n) is 3.90. The number of amides is 1. The highest BCUT2D eigenvalue weighted by molar-refractivity contribution is 5.80. The van der Waals surface area contributed by atoms with E-state index < -0.39 is 6.10 Å². The van der Waals surface area contributed by atoms with Gasteiger partial charge in [-0.05, 0) is 23.3 Å². The van der Waals surface area contributed by atoms with E-state index in [9.17, 15) is 9.90 Å². The zero-order valence-electron chi connectivity index (χ0n) is 9.82. The topological polar surface area (TPSA) is 67.8 Å². The second-order valence-corrected chi connectivity index (χ2v) is 3.90. The van der Waals surface area contributed by atoms with Crippen molar-refractivity contribution in [1.29, 1.82) is 0 Å². The van der Waals surface area contributed by atoms with Crippen LogP contribution in [0.3, 0.4) is 0 Å². The fourth-order valence-corrected chi connectivity index (χ4v) is 1.96. The van der Waals surface area contributed by atoms with E-state index in [-0.39, 0.29) is 18.9 Å². The number of nitrogens with one attached hydrogen (secondary N) is 1. The molecule has 5 nitrogen and oxygen atoms in total. The Balaban J connectivity index is 2.51. The second kappa shape index (κ2) is 4.63. The summed E-state index contributed by atoms with van der Waals surface area (Å²) in [6.07, 6.45) is -0.469. The maximum absolute atomic E-state index is 11.5. The van der Waals surface area contributed by atoms with E-state index in [1.54, 1.807) is 12.1 Å². The van der Waals surface area contributed by atoms with Crippen molar-refractivity contribution in [2.24, 2.45) is 0 Å². The van der Waals surface area contributed by atoms with Crippen LogP contribution in [0.4, 0.5) is 0 Å². The summed E-state index contributed by atoms with van der Waals surface area (Å²) in [5.41, 5.74) is 1.48. The molecule has 0 radical (unpaired) electrons. The smallest absolute Gasteiger partial charge is 0.224 e. The molecule has 0 aromatic heterocycles. The van der Waals surface area contributed by atoms with Gasteiger partial charge in [0.25, 0.3) is 0 Å². The first kappa shape index (κ1) is 11.7. The van der Waals surface area contributed by atoms with Gasteiger partial charge in [-0.15, -0.1) is 0 Å². The van der Waals surface area contributed by atoms with Crippen molar-refractivity contribution in [1.82, 2.24) is 5.32 Å². The Bertz CT molecular complexity index is 444. The average Bonchev–Trinajstić information content (AvgIpc) is 2.47. The predicted octanol–water partition coefficient (Wildman–Crippen LogP) is 0.409. The number of aliphatic hydroxyl groups excluding tert-OH is 1. The number of carbonyl (C=O) groups is 1. The molecule has 0 fully saturated rings. The Morgan fingerprint density at radius 2 is 1.94 bits per heavy atom. The summed E-state index contributed by atoms with van der Waals surface area (Å²) in [6.45, 7) is 0.224. The molecular formula is C12H15NO4. The van der Waals surface area contributed by atoms with Gasteiger partial charge in [-0.2, -0.15) is 0 Å². The van der Waals surface area contributed by atoms with Crippen molar-refractivity contribution < 1.29 is 19.4 Å². The van der Waals surface area contributed by atoms with E-state index >= 15 is 0 Å². The minimum Gasteiger partial charge on any atom is -0.493 e. The van der Waals surface area contributed by atoms with Crippen LogP contribution in [0.2, 0.25) is 0 Å². The van der Waals surface area contributed by atoms with Crippen molar-refractivity contribution in [3.05, 3.63) is 23.3 Å². The number of rotatable bonds is 2. The summed E-state index contributed by atoms with van der Waals surface area (Å²) in [5.74, 6) is 1.02. The summed E-state index contributed by atoms with van der Waals surface area (Å²) in [4.78, 5) is 11.5. The number of β-amino-alcohol motifs (C(OH)–C–C–N with tert-alkyl or cyclic N) is 1. The molecule has 1 aliphatic rings. The van der Waals surface area contributed by atoms with Crippen molar-refractivity contribution in [3.63, 3.8) is 0 Å². The van der Waals surface area contributed by atoms with Crippen molar-refractivity contribution in [2.45, 2.75) is 12.5 Å². The summed E-state index contributed by atoms with van der Waals surface area (Å²) >= 11 is 0. The van der Waals surface area contributed by atoms with Gasteiger partial charge in [0, 0.05) is 6.54 Å². The van der Waals surface area contributed by atoms with Gasteiger partial charge in [0.15, 0.2) is 11.5 Å². The average molecular weight is 237 g/mol. The van der Waals surface area contributed by atoms with Gasteiger partial charge in [0.2, 0.25) is 5.91 Å². The van der Waals surface area contributed by atoms with Gasteiger partial charge in [-0.1, -0.05) is 0 Å². The first-order valence-electron chi connectivity index (χ1n) is 5.35. The molecule has 2 rings (SSSR count). The molecular weight excluding hydrogens is 222 g/mol. The summed E-state index contributed by atoms with van der Waals surface area (Å²) in [5, 5.41) is 12.6. The van der Waals surface area contributed by atoms with E-state index in [1.165, 1.54) is 14.2 Å². The third-order valence-electron chi connectivity index (χ3n) is 2.85. The van der Waals surface area contributed by atoms with Crippen LogP contribution in [0.15, 0.2) is 12.1 Å². The van der Waals surface area contributed by atoms with Gasteiger partial charge in [0.05, 0.1) is 26.7 Å². The zero-order chi connectivity index (χ0) is 12.4. The molecule has 1 atom stereocenters. The molecule has 0 aliphatic carbocycles. The van der Waals surface area contributed by atoms with Crippen molar-refractivity contribution in [2.75, 3.05) is 20.8 Å². The molecule has 0 saturated heterocycles. The lowest BCUT2D eigenvalue weighted by molar-refractivity contribution is -0.120. The molecule has 5 heteroatoms. The third-order valence-corrected chi connectivity index (χ3v) is 2.85. The Labute approximate surface area is 99.3 Å². The lowest BCUT2D eigenvalue weighted by atomic mass is 10.00. The molecule has 1 aromatic carbocycles. The van der Waals surface area contributed by atoms with E-state index in [2.05, 4.69) is 5.32 Å². The van der Waals surface area contributed by atoms with E-state index in [1.807, 2.05) is 0 Å². The molecule has 0 bridgehead atoms. The third kappa shape index (κ3) is 2.19. The van der Waals surface area contributed by atoms with Crippen LogP contribution in [0, 0.1) is 0 Å². The molecule has 0 saturated carbocycles. The fraction of sp³-hybridized carbons (Fsp3) is 0.417. The Kier molecular flexibility index (Phi) is 3.19. The minimum atomic E-state index is -0.712. The molecule has 0 spiro atoms. The van der Waals surface area contributed by atoms with Crippen molar-refractivity contribution >= 4 is 5.91 Å². The van der Waals surface area contributed by atoms with Gasteiger partial charge in [-0.3, -0.25) is 4.79 Å². The fourth-order valence-electron chi connectivity index (χ4n) is 1.96. The van der Waals surface area contributed by atoms with Gasteiger partial charge in [0.1, 0.15) is 0 Å². The quantitative estimate of drug-likeness (QED) is 0.781. The van der Waals surface area contributed by atoms with E-state index in [0.717, 1.165) is 5.56 Å². The number of methoxy groups -OCH3 is 2. The maximum atomic E-state index is 11.5. The number of hydrogen-bond donors (Lipinski definition) is 2. The number of fused-ring (bicyclic) bond motifs is 1. The van der Waals surface area contributed by atoms with Crippen LogP contribution in [0.1, 0.15) is 17.2 Å². The molecule has 92 valence electrons. The van der Waals surface area contributed by atoms with E-state index in [0.29, 0.717) is 17.1 Å². The van der Waals surface area contributed by atoms with E-state index in [4.69, 9.17) is 9.47 Å². The maximum Gasteiger partial charge on any atom is 0.224 e. The largest absolute Gasteiger partial charge is 0.493 e. The monoisotopic (exact) mass is 237 g/mol.